The van der Waals surface area contributed by atoms with Gasteiger partial charge in [-0.2, -0.15) is 0 Å². The molecule has 1 aromatic carbocycles. The third kappa shape index (κ3) is 2.91. The summed E-state index contributed by atoms with van der Waals surface area (Å²) in [5, 5.41) is 3.30. The van der Waals surface area contributed by atoms with Gasteiger partial charge in [0.2, 0.25) is 11.8 Å². The minimum atomic E-state index is -0.174. The summed E-state index contributed by atoms with van der Waals surface area (Å²) in [5.74, 6) is -0.348. The average Bonchev–Trinajstić information content (AvgIpc) is 2.53. The van der Waals surface area contributed by atoms with E-state index in [9.17, 15) is 9.59 Å². The predicted molar refractivity (Wildman–Crippen MR) is 78.0 cm³/mol. The van der Waals surface area contributed by atoms with Crippen LogP contribution in [-0.4, -0.2) is 56.5 Å². The SMILES string of the molecule is CN1C(=O)CN(c2cccc(C3CNCCO3)c2)CC1=O. The number of nitrogens with one attached hydrogen (secondary N) is 1. The zero-order chi connectivity index (χ0) is 14.8. The molecule has 0 saturated carbocycles. The number of carbonyl (C=O) groups excluding carboxylic acids is 2. The summed E-state index contributed by atoms with van der Waals surface area (Å²) in [6.45, 7) is 2.81. The van der Waals surface area contributed by atoms with E-state index in [1.165, 1.54) is 11.9 Å². The smallest absolute Gasteiger partial charge is 0.248 e. The number of rotatable bonds is 2. The standard InChI is InChI=1S/C15H19N3O3/c1-17-14(19)9-18(10-15(17)20)12-4-2-3-11(7-12)13-8-16-5-6-21-13/h2-4,7,13,16H,5-6,8-10H2,1H3. The minimum absolute atomic E-state index is 0.0255. The van der Waals surface area contributed by atoms with Crippen LogP contribution in [0, 0.1) is 0 Å². The lowest BCUT2D eigenvalue weighted by Gasteiger charge is -2.32. The van der Waals surface area contributed by atoms with Crippen molar-refractivity contribution in [2.45, 2.75) is 6.10 Å². The van der Waals surface area contributed by atoms with Crippen molar-refractivity contribution >= 4 is 17.5 Å². The third-order valence-electron chi connectivity index (χ3n) is 3.94. The first-order valence-corrected chi connectivity index (χ1v) is 7.12. The summed E-state index contributed by atoms with van der Waals surface area (Å²) in [7, 11) is 1.53. The Hall–Kier alpha value is -1.92. The Bertz CT molecular complexity index is 537. The minimum Gasteiger partial charge on any atom is -0.371 e. The number of hydrogen-bond acceptors (Lipinski definition) is 5. The topological polar surface area (TPSA) is 61.9 Å². The van der Waals surface area contributed by atoms with Gasteiger partial charge in [-0.05, 0) is 17.7 Å². The summed E-state index contributed by atoms with van der Waals surface area (Å²) < 4.78 is 5.74. The average molecular weight is 289 g/mol. The van der Waals surface area contributed by atoms with Gasteiger partial charge in [0.1, 0.15) is 0 Å². The zero-order valence-electron chi connectivity index (χ0n) is 12.0. The molecule has 1 N–H and O–H groups in total. The molecule has 0 radical (unpaired) electrons. The Balaban J connectivity index is 1.79. The molecule has 0 bridgehead atoms. The maximum absolute atomic E-state index is 11.8. The van der Waals surface area contributed by atoms with Gasteiger partial charge in [-0.25, -0.2) is 0 Å². The Morgan fingerprint density at radius 2 is 2.00 bits per heavy atom. The Morgan fingerprint density at radius 3 is 2.67 bits per heavy atom. The molecular formula is C15H19N3O3. The number of piperazine rings is 1. The fraction of sp³-hybridized carbons (Fsp3) is 0.467. The maximum atomic E-state index is 11.8. The molecule has 2 aliphatic heterocycles. The number of carbonyl (C=O) groups is 2. The number of hydrogen-bond donors (Lipinski definition) is 1. The first-order chi connectivity index (χ1) is 10.1. The van der Waals surface area contributed by atoms with Crippen molar-refractivity contribution in [3.63, 3.8) is 0 Å². The van der Waals surface area contributed by atoms with Crippen molar-refractivity contribution in [1.82, 2.24) is 10.2 Å². The highest BCUT2D eigenvalue weighted by Gasteiger charge is 2.28. The van der Waals surface area contributed by atoms with E-state index in [4.69, 9.17) is 4.74 Å². The number of likely N-dealkylation sites (N-methyl/N-ethyl adjacent to an activating group) is 1. The largest absolute Gasteiger partial charge is 0.371 e. The van der Waals surface area contributed by atoms with Crippen LogP contribution in [-0.2, 0) is 14.3 Å². The van der Waals surface area contributed by atoms with Crippen LogP contribution in [0.5, 0.6) is 0 Å². The van der Waals surface area contributed by atoms with E-state index in [1.807, 2.05) is 29.2 Å². The van der Waals surface area contributed by atoms with Crippen LogP contribution in [0.2, 0.25) is 0 Å². The molecule has 2 fully saturated rings. The molecule has 112 valence electrons. The molecule has 3 rings (SSSR count). The number of imide groups is 1. The second-order valence-electron chi connectivity index (χ2n) is 5.36. The summed E-state index contributed by atoms with van der Waals surface area (Å²) in [6, 6.07) is 7.88. The molecule has 0 spiro atoms. The fourth-order valence-corrected chi connectivity index (χ4v) is 2.62. The summed E-state index contributed by atoms with van der Waals surface area (Å²) in [5.41, 5.74) is 1.95. The van der Waals surface area contributed by atoms with Crippen LogP contribution < -0.4 is 10.2 Å². The molecule has 2 saturated heterocycles. The van der Waals surface area contributed by atoms with E-state index in [1.54, 1.807) is 0 Å². The highest BCUT2D eigenvalue weighted by molar-refractivity contribution is 6.02. The van der Waals surface area contributed by atoms with Gasteiger partial charge >= 0.3 is 0 Å². The van der Waals surface area contributed by atoms with Gasteiger partial charge in [-0.15, -0.1) is 0 Å². The van der Waals surface area contributed by atoms with Crippen molar-refractivity contribution in [3.8, 4) is 0 Å². The Labute approximate surface area is 123 Å². The maximum Gasteiger partial charge on any atom is 0.248 e. The fourth-order valence-electron chi connectivity index (χ4n) is 2.62. The number of ether oxygens (including phenoxy) is 1. The molecule has 2 aliphatic rings. The van der Waals surface area contributed by atoms with Gasteiger partial charge in [-0.1, -0.05) is 12.1 Å². The highest BCUT2D eigenvalue weighted by Crippen LogP contribution is 2.24. The van der Waals surface area contributed by atoms with Crippen LogP contribution in [0.4, 0.5) is 5.69 Å². The number of amides is 2. The molecule has 2 amide bonds. The van der Waals surface area contributed by atoms with Crippen molar-refractivity contribution in [2.75, 3.05) is 44.7 Å². The molecule has 21 heavy (non-hydrogen) atoms. The van der Waals surface area contributed by atoms with Crippen molar-refractivity contribution < 1.29 is 14.3 Å². The van der Waals surface area contributed by atoms with Gasteiger partial charge in [0.05, 0.1) is 25.8 Å². The lowest BCUT2D eigenvalue weighted by molar-refractivity contribution is -0.143. The van der Waals surface area contributed by atoms with Crippen molar-refractivity contribution in [2.24, 2.45) is 0 Å². The van der Waals surface area contributed by atoms with Crippen molar-refractivity contribution in [3.05, 3.63) is 29.8 Å². The van der Waals surface area contributed by atoms with Crippen LogP contribution >= 0.6 is 0 Å². The van der Waals surface area contributed by atoms with E-state index in [0.717, 1.165) is 24.3 Å². The third-order valence-corrected chi connectivity index (χ3v) is 3.94. The number of nitrogens with zero attached hydrogens (tertiary/aromatic N) is 2. The number of benzene rings is 1. The molecular weight excluding hydrogens is 270 g/mol. The molecule has 6 nitrogen and oxygen atoms in total. The van der Waals surface area contributed by atoms with Gasteiger partial charge in [0.15, 0.2) is 0 Å². The van der Waals surface area contributed by atoms with E-state index in [2.05, 4.69) is 5.32 Å². The number of anilines is 1. The van der Waals surface area contributed by atoms with Crippen LogP contribution in [0.3, 0.4) is 0 Å². The first-order valence-electron chi connectivity index (χ1n) is 7.12. The zero-order valence-corrected chi connectivity index (χ0v) is 12.0. The normalized spacial score (nSPS) is 23.6. The highest BCUT2D eigenvalue weighted by atomic mass is 16.5. The summed E-state index contributed by atoms with van der Waals surface area (Å²) in [6.07, 6.45) is 0.0255. The molecule has 1 unspecified atom stereocenters. The first kappa shape index (κ1) is 14.0. The lowest BCUT2D eigenvalue weighted by atomic mass is 10.1. The number of morpholine rings is 1. The summed E-state index contributed by atoms with van der Waals surface area (Å²) in [4.78, 5) is 26.6. The quantitative estimate of drug-likeness (QED) is 0.786. The lowest BCUT2D eigenvalue weighted by Crippen LogP contribution is -2.52. The molecule has 0 aliphatic carbocycles. The van der Waals surface area contributed by atoms with Gasteiger partial charge in [-0.3, -0.25) is 14.5 Å². The molecule has 6 heteroatoms. The molecule has 2 heterocycles. The molecule has 0 aromatic heterocycles. The second kappa shape index (κ2) is 5.83. The Kier molecular flexibility index (Phi) is 3.90. The predicted octanol–water partition coefficient (Wildman–Crippen LogP) is 0.152. The Morgan fingerprint density at radius 1 is 1.24 bits per heavy atom. The van der Waals surface area contributed by atoms with E-state index in [-0.39, 0.29) is 31.0 Å². The van der Waals surface area contributed by atoms with Gasteiger partial charge < -0.3 is 15.0 Å². The molecule has 1 aromatic rings. The summed E-state index contributed by atoms with van der Waals surface area (Å²) >= 11 is 0. The van der Waals surface area contributed by atoms with Crippen LogP contribution in [0.25, 0.3) is 0 Å². The van der Waals surface area contributed by atoms with Crippen molar-refractivity contribution in [1.29, 1.82) is 0 Å². The van der Waals surface area contributed by atoms with Gasteiger partial charge in [0.25, 0.3) is 0 Å². The van der Waals surface area contributed by atoms with E-state index < -0.39 is 0 Å². The molecule has 1 atom stereocenters. The van der Waals surface area contributed by atoms with E-state index >= 15 is 0 Å². The van der Waals surface area contributed by atoms with Crippen LogP contribution in [0.15, 0.2) is 24.3 Å². The van der Waals surface area contributed by atoms with Gasteiger partial charge in [0, 0.05) is 25.8 Å². The monoisotopic (exact) mass is 289 g/mol. The van der Waals surface area contributed by atoms with E-state index in [0.29, 0.717) is 6.61 Å². The van der Waals surface area contributed by atoms with Crippen LogP contribution in [0.1, 0.15) is 11.7 Å². The second-order valence-corrected chi connectivity index (χ2v) is 5.36.